The van der Waals surface area contributed by atoms with Gasteiger partial charge in [-0.15, -0.1) is 0 Å². The Bertz CT molecular complexity index is 803. The molecule has 4 heterocycles. The maximum atomic E-state index is 7.44. The SMILES string of the molecule is C[C@@H]1CCCN1c1cc(C2CCOCC2)cc(Nc2cc(C=N)ccn2)n1. The molecular formula is C21H27N5O. The van der Waals surface area contributed by atoms with Gasteiger partial charge in [0.2, 0.25) is 0 Å². The van der Waals surface area contributed by atoms with Gasteiger partial charge in [0.05, 0.1) is 0 Å². The fraction of sp³-hybridized carbons (Fsp3) is 0.476. The van der Waals surface area contributed by atoms with Crippen LogP contribution in [0.15, 0.2) is 30.5 Å². The van der Waals surface area contributed by atoms with Crippen LogP contribution in [0.3, 0.4) is 0 Å². The van der Waals surface area contributed by atoms with Crippen LogP contribution < -0.4 is 10.2 Å². The van der Waals surface area contributed by atoms with Gasteiger partial charge in [-0.1, -0.05) is 0 Å². The Kier molecular flexibility index (Phi) is 5.34. The Morgan fingerprint density at radius 1 is 1.19 bits per heavy atom. The summed E-state index contributed by atoms with van der Waals surface area (Å²) in [6, 6.07) is 8.63. The standard InChI is InChI=1S/C21H27N5O/c1-15-3-2-8-26(15)21-13-18(17-5-9-27-10-6-17)12-20(25-21)24-19-11-16(14-22)4-7-23-19/h4,7,11-15,17,22H,2-3,5-6,8-10H2,1H3,(H,23,24,25)/t15-/m1/s1. The van der Waals surface area contributed by atoms with E-state index in [0.29, 0.717) is 17.8 Å². The van der Waals surface area contributed by atoms with Crippen molar-refractivity contribution in [1.29, 1.82) is 5.41 Å². The lowest BCUT2D eigenvalue weighted by Gasteiger charge is -2.27. The number of nitrogens with zero attached hydrogens (tertiary/aromatic N) is 3. The molecule has 2 aromatic rings. The molecule has 0 unspecified atom stereocenters. The second-order valence-electron chi connectivity index (χ2n) is 7.46. The first-order chi connectivity index (χ1) is 13.2. The van der Waals surface area contributed by atoms with Crippen LogP contribution in [0.2, 0.25) is 0 Å². The lowest BCUT2D eigenvalue weighted by Crippen LogP contribution is -2.27. The zero-order chi connectivity index (χ0) is 18.6. The highest BCUT2D eigenvalue weighted by Gasteiger charge is 2.24. The van der Waals surface area contributed by atoms with Gasteiger partial charge in [0.25, 0.3) is 0 Å². The maximum absolute atomic E-state index is 7.44. The summed E-state index contributed by atoms with van der Waals surface area (Å²) in [5.74, 6) is 3.10. The van der Waals surface area contributed by atoms with E-state index in [1.165, 1.54) is 24.6 Å². The van der Waals surface area contributed by atoms with E-state index in [0.717, 1.165) is 49.8 Å². The van der Waals surface area contributed by atoms with Gasteiger partial charge in [0, 0.05) is 38.2 Å². The van der Waals surface area contributed by atoms with E-state index < -0.39 is 0 Å². The van der Waals surface area contributed by atoms with Crippen molar-refractivity contribution in [1.82, 2.24) is 9.97 Å². The summed E-state index contributed by atoms with van der Waals surface area (Å²) in [7, 11) is 0. The van der Waals surface area contributed by atoms with Crippen molar-refractivity contribution in [3.8, 4) is 0 Å². The summed E-state index contributed by atoms with van der Waals surface area (Å²) in [5, 5.41) is 10.8. The molecule has 1 atom stereocenters. The summed E-state index contributed by atoms with van der Waals surface area (Å²) in [5.41, 5.74) is 2.15. The third-order valence-corrected chi connectivity index (χ3v) is 5.58. The topological polar surface area (TPSA) is 74.1 Å². The third kappa shape index (κ3) is 4.11. The first-order valence-electron chi connectivity index (χ1n) is 9.83. The molecule has 2 saturated heterocycles. The van der Waals surface area contributed by atoms with Gasteiger partial charge in [-0.3, -0.25) is 0 Å². The first kappa shape index (κ1) is 17.9. The predicted octanol–water partition coefficient (Wildman–Crippen LogP) is 4.10. The lowest BCUT2D eigenvalue weighted by molar-refractivity contribution is 0.0853. The summed E-state index contributed by atoms with van der Waals surface area (Å²) >= 11 is 0. The van der Waals surface area contributed by atoms with Crippen LogP contribution in [0.4, 0.5) is 17.5 Å². The number of hydrogen-bond donors (Lipinski definition) is 2. The predicted molar refractivity (Wildman–Crippen MR) is 108 cm³/mol. The molecule has 0 amide bonds. The minimum Gasteiger partial charge on any atom is -0.381 e. The highest BCUT2D eigenvalue weighted by Crippen LogP contribution is 2.33. The van der Waals surface area contributed by atoms with Crippen molar-refractivity contribution in [2.75, 3.05) is 30.0 Å². The molecule has 2 fully saturated rings. The monoisotopic (exact) mass is 365 g/mol. The van der Waals surface area contributed by atoms with Gasteiger partial charge in [-0.2, -0.15) is 0 Å². The smallest absolute Gasteiger partial charge is 0.134 e. The van der Waals surface area contributed by atoms with Crippen molar-refractivity contribution in [3.05, 3.63) is 41.6 Å². The van der Waals surface area contributed by atoms with Gasteiger partial charge >= 0.3 is 0 Å². The van der Waals surface area contributed by atoms with Crippen molar-refractivity contribution in [3.63, 3.8) is 0 Å². The number of rotatable bonds is 5. The molecule has 142 valence electrons. The molecule has 0 bridgehead atoms. The number of ether oxygens (including phenoxy) is 1. The van der Waals surface area contributed by atoms with E-state index >= 15 is 0 Å². The van der Waals surface area contributed by atoms with Gasteiger partial charge < -0.3 is 20.4 Å². The number of aromatic nitrogens is 2. The first-order valence-corrected chi connectivity index (χ1v) is 9.83. The minimum absolute atomic E-state index is 0.514. The Hall–Kier alpha value is -2.47. The van der Waals surface area contributed by atoms with Gasteiger partial charge in [0.15, 0.2) is 0 Å². The molecule has 2 aromatic heterocycles. The lowest BCUT2D eigenvalue weighted by atomic mass is 9.92. The van der Waals surface area contributed by atoms with E-state index in [4.69, 9.17) is 15.1 Å². The van der Waals surface area contributed by atoms with Crippen LogP contribution in [0, 0.1) is 5.41 Å². The average molecular weight is 365 g/mol. The molecule has 6 heteroatoms. The van der Waals surface area contributed by atoms with E-state index in [-0.39, 0.29) is 0 Å². The Balaban J connectivity index is 1.67. The number of nitrogens with one attached hydrogen (secondary N) is 2. The summed E-state index contributed by atoms with van der Waals surface area (Å²) < 4.78 is 5.55. The second-order valence-corrected chi connectivity index (χ2v) is 7.46. The van der Waals surface area contributed by atoms with Crippen LogP contribution in [-0.4, -0.2) is 42.0 Å². The van der Waals surface area contributed by atoms with E-state index in [1.807, 2.05) is 12.1 Å². The Morgan fingerprint density at radius 2 is 2.04 bits per heavy atom. The van der Waals surface area contributed by atoms with Crippen LogP contribution in [0.25, 0.3) is 0 Å². The van der Waals surface area contributed by atoms with Crippen molar-refractivity contribution >= 4 is 23.7 Å². The second kappa shape index (κ2) is 8.05. The van der Waals surface area contributed by atoms with Gasteiger partial charge in [-0.05, 0) is 73.9 Å². The van der Waals surface area contributed by atoms with Crippen molar-refractivity contribution in [2.45, 2.75) is 44.6 Å². The number of pyridine rings is 2. The quantitative estimate of drug-likeness (QED) is 0.780. The molecular weight excluding hydrogens is 338 g/mol. The van der Waals surface area contributed by atoms with E-state index in [9.17, 15) is 0 Å². The molecule has 4 rings (SSSR count). The van der Waals surface area contributed by atoms with Gasteiger partial charge in [0.1, 0.15) is 17.5 Å². The van der Waals surface area contributed by atoms with Crippen LogP contribution in [0.1, 0.15) is 49.7 Å². The molecule has 0 spiro atoms. The Morgan fingerprint density at radius 3 is 2.78 bits per heavy atom. The van der Waals surface area contributed by atoms with Crippen LogP contribution in [0.5, 0.6) is 0 Å². The molecule has 2 aliphatic rings. The molecule has 27 heavy (non-hydrogen) atoms. The molecule has 0 saturated carbocycles. The fourth-order valence-electron chi connectivity index (χ4n) is 4.02. The van der Waals surface area contributed by atoms with E-state index in [1.54, 1.807) is 6.20 Å². The highest BCUT2D eigenvalue weighted by molar-refractivity contribution is 5.78. The molecule has 0 radical (unpaired) electrons. The summed E-state index contributed by atoms with van der Waals surface area (Å²) in [6.07, 6.45) is 7.59. The van der Waals surface area contributed by atoms with Crippen LogP contribution in [-0.2, 0) is 4.74 Å². The zero-order valence-corrected chi connectivity index (χ0v) is 15.8. The molecule has 2 aliphatic heterocycles. The Labute approximate surface area is 160 Å². The van der Waals surface area contributed by atoms with E-state index in [2.05, 4.69) is 34.3 Å². The fourth-order valence-corrected chi connectivity index (χ4v) is 4.02. The number of hydrogen-bond acceptors (Lipinski definition) is 6. The summed E-state index contributed by atoms with van der Waals surface area (Å²) in [4.78, 5) is 11.7. The highest BCUT2D eigenvalue weighted by atomic mass is 16.5. The zero-order valence-electron chi connectivity index (χ0n) is 15.8. The van der Waals surface area contributed by atoms with Gasteiger partial charge in [-0.25, -0.2) is 9.97 Å². The summed E-state index contributed by atoms with van der Waals surface area (Å²) in [6.45, 7) is 4.99. The molecule has 0 aromatic carbocycles. The normalized spacial score (nSPS) is 20.6. The number of anilines is 3. The maximum Gasteiger partial charge on any atom is 0.134 e. The third-order valence-electron chi connectivity index (χ3n) is 5.58. The van der Waals surface area contributed by atoms with Crippen molar-refractivity contribution in [2.24, 2.45) is 0 Å². The van der Waals surface area contributed by atoms with Crippen molar-refractivity contribution < 1.29 is 4.74 Å². The minimum atomic E-state index is 0.514. The largest absolute Gasteiger partial charge is 0.381 e. The van der Waals surface area contributed by atoms with Crippen LogP contribution >= 0.6 is 0 Å². The average Bonchev–Trinajstić information content (AvgIpc) is 3.14. The molecule has 6 nitrogen and oxygen atoms in total. The molecule has 2 N–H and O–H groups in total. The molecule has 0 aliphatic carbocycles.